The molecule has 0 rings (SSSR count). The molecule has 1 atom stereocenters. The summed E-state index contributed by atoms with van der Waals surface area (Å²) in [5.74, 6) is 0. The van der Waals surface area contributed by atoms with Gasteiger partial charge in [-0.15, -0.1) is 0 Å². The molecule has 15 heavy (non-hydrogen) atoms. The molecule has 0 spiro atoms. The van der Waals surface area contributed by atoms with Crippen LogP contribution >= 0.6 is 0 Å². The average Bonchev–Trinajstić information content (AvgIpc) is 2.10. The van der Waals surface area contributed by atoms with Gasteiger partial charge in [0.2, 0.25) is 0 Å². The molecule has 0 N–H and O–H groups in total. The van der Waals surface area contributed by atoms with Crippen molar-refractivity contribution in [2.45, 2.75) is 51.1 Å². The standard InChI is InChI=1S/C8H15F3O3S/c1-3-5-6-7(4-2)14-15(12,13)8(9,10)11/h7H,3-6H2,1-2H3. The lowest BCUT2D eigenvalue weighted by Gasteiger charge is -2.16. The van der Waals surface area contributed by atoms with Gasteiger partial charge >= 0.3 is 15.6 Å². The van der Waals surface area contributed by atoms with Gasteiger partial charge in [-0.3, -0.25) is 4.18 Å². The second-order valence-electron chi connectivity index (χ2n) is 3.17. The van der Waals surface area contributed by atoms with E-state index in [1.54, 1.807) is 6.92 Å². The summed E-state index contributed by atoms with van der Waals surface area (Å²) >= 11 is 0. The normalized spacial score (nSPS) is 15.3. The number of hydrogen-bond donors (Lipinski definition) is 0. The maximum atomic E-state index is 11.9. The van der Waals surface area contributed by atoms with E-state index in [9.17, 15) is 21.6 Å². The maximum Gasteiger partial charge on any atom is 0.523 e. The Morgan fingerprint density at radius 3 is 2.13 bits per heavy atom. The Bertz CT molecular complexity index is 271. The fourth-order valence-electron chi connectivity index (χ4n) is 0.986. The summed E-state index contributed by atoms with van der Waals surface area (Å²) in [6.07, 6.45) is 1.12. The lowest BCUT2D eigenvalue weighted by atomic mass is 10.1. The van der Waals surface area contributed by atoms with Gasteiger partial charge in [0.15, 0.2) is 0 Å². The van der Waals surface area contributed by atoms with E-state index in [1.807, 2.05) is 6.92 Å². The highest BCUT2D eigenvalue weighted by molar-refractivity contribution is 7.87. The number of hydrogen-bond acceptors (Lipinski definition) is 3. The fourth-order valence-corrected chi connectivity index (χ4v) is 1.69. The smallest absolute Gasteiger partial charge is 0.260 e. The van der Waals surface area contributed by atoms with Gasteiger partial charge in [-0.1, -0.05) is 26.7 Å². The van der Waals surface area contributed by atoms with Crippen LogP contribution in [-0.2, 0) is 14.3 Å². The van der Waals surface area contributed by atoms with Crippen LogP contribution in [0.1, 0.15) is 39.5 Å². The minimum Gasteiger partial charge on any atom is -0.260 e. The van der Waals surface area contributed by atoms with E-state index in [-0.39, 0.29) is 6.42 Å². The zero-order valence-electron chi connectivity index (χ0n) is 8.67. The van der Waals surface area contributed by atoms with Crippen molar-refractivity contribution in [1.29, 1.82) is 0 Å². The third-order valence-corrected chi connectivity index (χ3v) is 2.97. The van der Waals surface area contributed by atoms with Crippen molar-refractivity contribution in [1.82, 2.24) is 0 Å². The Kier molecular flexibility index (Phi) is 5.58. The summed E-state index contributed by atoms with van der Waals surface area (Å²) in [7, 11) is -5.44. The van der Waals surface area contributed by atoms with Gasteiger partial charge in [0.25, 0.3) is 0 Å². The van der Waals surface area contributed by atoms with Crippen molar-refractivity contribution >= 4 is 10.1 Å². The monoisotopic (exact) mass is 248 g/mol. The van der Waals surface area contributed by atoms with Crippen molar-refractivity contribution in [2.75, 3.05) is 0 Å². The third kappa shape index (κ3) is 4.83. The van der Waals surface area contributed by atoms with Gasteiger partial charge in [-0.25, -0.2) is 0 Å². The van der Waals surface area contributed by atoms with Crippen LogP contribution in [0.2, 0.25) is 0 Å². The molecule has 1 unspecified atom stereocenters. The van der Waals surface area contributed by atoms with Crippen molar-refractivity contribution < 1.29 is 25.8 Å². The predicted molar refractivity (Wildman–Crippen MR) is 49.7 cm³/mol. The molecule has 0 heterocycles. The van der Waals surface area contributed by atoms with E-state index in [2.05, 4.69) is 4.18 Å². The molecule has 0 aromatic rings. The zero-order chi connectivity index (χ0) is 12.1. The van der Waals surface area contributed by atoms with E-state index in [0.717, 1.165) is 6.42 Å². The first-order valence-electron chi connectivity index (χ1n) is 4.74. The Balaban J connectivity index is 4.42. The first kappa shape index (κ1) is 14.7. The molecule has 0 aromatic carbocycles. The topological polar surface area (TPSA) is 43.4 Å². The molecular weight excluding hydrogens is 233 g/mol. The van der Waals surface area contributed by atoms with E-state index in [1.165, 1.54) is 0 Å². The highest BCUT2D eigenvalue weighted by Crippen LogP contribution is 2.27. The van der Waals surface area contributed by atoms with Crippen LogP contribution in [0.25, 0.3) is 0 Å². The van der Waals surface area contributed by atoms with E-state index in [4.69, 9.17) is 0 Å². The average molecular weight is 248 g/mol. The zero-order valence-corrected chi connectivity index (χ0v) is 9.49. The Hall–Kier alpha value is -0.300. The molecule has 0 aliphatic heterocycles. The van der Waals surface area contributed by atoms with Crippen LogP contribution in [-0.4, -0.2) is 20.0 Å². The molecule has 0 saturated carbocycles. The molecule has 0 aliphatic rings. The van der Waals surface area contributed by atoms with Crippen LogP contribution < -0.4 is 0 Å². The fraction of sp³-hybridized carbons (Fsp3) is 1.00. The quantitative estimate of drug-likeness (QED) is 0.536. The van der Waals surface area contributed by atoms with Gasteiger partial charge in [0.1, 0.15) is 0 Å². The molecule has 0 bridgehead atoms. The van der Waals surface area contributed by atoms with Gasteiger partial charge in [-0.2, -0.15) is 21.6 Å². The molecule has 0 aliphatic carbocycles. The highest BCUT2D eigenvalue weighted by atomic mass is 32.2. The second kappa shape index (κ2) is 5.69. The van der Waals surface area contributed by atoms with Crippen LogP contribution in [0.3, 0.4) is 0 Å². The summed E-state index contributed by atoms with van der Waals surface area (Å²) < 4.78 is 61.2. The molecule has 3 nitrogen and oxygen atoms in total. The minimum absolute atomic E-state index is 0.245. The van der Waals surface area contributed by atoms with Crippen molar-refractivity contribution in [3.05, 3.63) is 0 Å². The van der Waals surface area contributed by atoms with E-state index in [0.29, 0.717) is 12.8 Å². The minimum atomic E-state index is -5.44. The molecule has 7 heteroatoms. The van der Waals surface area contributed by atoms with Gasteiger partial charge in [0.05, 0.1) is 6.10 Å². The number of unbranched alkanes of at least 4 members (excludes halogenated alkanes) is 1. The number of rotatable bonds is 6. The van der Waals surface area contributed by atoms with E-state index >= 15 is 0 Å². The van der Waals surface area contributed by atoms with E-state index < -0.39 is 21.7 Å². The molecular formula is C8H15F3O3S. The van der Waals surface area contributed by atoms with Crippen LogP contribution in [0.15, 0.2) is 0 Å². The summed E-state index contributed by atoms with van der Waals surface area (Å²) in [6.45, 7) is 3.46. The van der Waals surface area contributed by atoms with Gasteiger partial charge < -0.3 is 0 Å². The third-order valence-electron chi connectivity index (χ3n) is 1.88. The molecule has 0 fully saturated rings. The van der Waals surface area contributed by atoms with Crippen molar-refractivity contribution in [3.63, 3.8) is 0 Å². The molecule has 0 saturated heterocycles. The predicted octanol–water partition coefficient (Wildman–Crippen LogP) is 2.82. The molecule has 0 radical (unpaired) electrons. The summed E-state index contributed by atoms with van der Waals surface area (Å²) in [5, 5.41) is 0. The Morgan fingerprint density at radius 2 is 1.80 bits per heavy atom. The van der Waals surface area contributed by atoms with Crippen LogP contribution in [0.5, 0.6) is 0 Å². The Labute approximate surface area is 87.7 Å². The first-order chi connectivity index (χ1) is 6.74. The molecule has 92 valence electrons. The largest absolute Gasteiger partial charge is 0.523 e. The maximum absolute atomic E-state index is 11.9. The summed E-state index contributed by atoms with van der Waals surface area (Å²) in [6, 6.07) is 0. The number of alkyl halides is 3. The second-order valence-corrected chi connectivity index (χ2v) is 4.73. The Morgan fingerprint density at radius 1 is 1.27 bits per heavy atom. The molecule has 0 aromatic heterocycles. The SMILES string of the molecule is CCCCC(CC)OS(=O)(=O)C(F)(F)F. The number of halogens is 3. The lowest BCUT2D eigenvalue weighted by Crippen LogP contribution is -2.29. The van der Waals surface area contributed by atoms with Crippen molar-refractivity contribution in [2.24, 2.45) is 0 Å². The van der Waals surface area contributed by atoms with Gasteiger partial charge in [-0.05, 0) is 12.8 Å². The summed E-state index contributed by atoms with van der Waals surface area (Å²) in [4.78, 5) is 0. The lowest BCUT2D eigenvalue weighted by molar-refractivity contribution is -0.0577. The van der Waals surface area contributed by atoms with Crippen LogP contribution in [0.4, 0.5) is 13.2 Å². The highest BCUT2D eigenvalue weighted by Gasteiger charge is 2.48. The van der Waals surface area contributed by atoms with Crippen LogP contribution in [0, 0.1) is 0 Å². The first-order valence-corrected chi connectivity index (χ1v) is 6.15. The van der Waals surface area contributed by atoms with Crippen molar-refractivity contribution in [3.8, 4) is 0 Å². The summed E-state index contributed by atoms with van der Waals surface area (Å²) in [5.41, 5.74) is -5.33. The molecule has 0 amide bonds. The van der Waals surface area contributed by atoms with Gasteiger partial charge in [0, 0.05) is 0 Å².